The highest BCUT2D eigenvalue weighted by Gasteiger charge is 2.05. The van der Waals surface area contributed by atoms with E-state index in [9.17, 15) is 4.79 Å². The predicted octanol–water partition coefficient (Wildman–Crippen LogP) is 2.71. The lowest BCUT2D eigenvalue weighted by Crippen LogP contribution is -2.38. The van der Waals surface area contributed by atoms with Crippen LogP contribution in [0.5, 0.6) is 0 Å². The van der Waals surface area contributed by atoms with Crippen molar-refractivity contribution in [1.29, 1.82) is 0 Å². The van der Waals surface area contributed by atoms with Crippen LogP contribution in [0, 0.1) is 6.92 Å². The largest absolute Gasteiger partial charge is 0.356 e. The summed E-state index contributed by atoms with van der Waals surface area (Å²) in [4.78, 5) is 22.9. The molecule has 0 aromatic carbocycles. The highest BCUT2D eigenvalue weighted by molar-refractivity contribution is 7.11. The molecule has 0 radical (unpaired) electrons. The van der Waals surface area contributed by atoms with Crippen molar-refractivity contribution in [2.75, 3.05) is 18.9 Å². The van der Waals surface area contributed by atoms with E-state index in [1.165, 1.54) is 9.75 Å². The molecule has 2 heterocycles. The van der Waals surface area contributed by atoms with Crippen LogP contribution in [0.1, 0.15) is 28.7 Å². The van der Waals surface area contributed by atoms with Crippen molar-refractivity contribution in [2.45, 2.75) is 33.2 Å². The predicted molar refractivity (Wildman–Crippen MR) is 104 cm³/mol. The SMILES string of the molecule is CCc1ccc(CNC(=NC)NCCC(=O)Nc2ccc(C)cn2)s1. The lowest BCUT2D eigenvalue weighted by Gasteiger charge is -2.11. The molecule has 0 atom stereocenters. The van der Waals surface area contributed by atoms with Crippen LogP contribution in [0.15, 0.2) is 35.5 Å². The number of carbonyl (C=O) groups is 1. The molecule has 0 saturated carbocycles. The van der Waals surface area contributed by atoms with E-state index in [0.29, 0.717) is 24.7 Å². The lowest BCUT2D eigenvalue weighted by atomic mass is 10.3. The van der Waals surface area contributed by atoms with Gasteiger partial charge in [-0.1, -0.05) is 13.0 Å². The molecule has 0 saturated heterocycles. The number of rotatable bonds is 7. The molecule has 25 heavy (non-hydrogen) atoms. The van der Waals surface area contributed by atoms with Crippen LogP contribution < -0.4 is 16.0 Å². The Labute approximate surface area is 152 Å². The van der Waals surface area contributed by atoms with Gasteiger partial charge in [0.1, 0.15) is 5.82 Å². The van der Waals surface area contributed by atoms with Gasteiger partial charge in [-0.2, -0.15) is 0 Å². The number of carbonyl (C=O) groups excluding carboxylic acids is 1. The normalized spacial score (nSPS) is 11.2. The van der Waals surface area contributed by atoms with E-state index < -0.39 is 0 Å². The standard InChI is InChI=1S/C18H25N5OS/c1-4-14-6-7-15(25-14)12-22-18(19-3)20-10-9-17(24)23-16-8-5-13(2)11-21-16/h5-8,11H,4,9-10,12H2,1-3H3,(H2,19,20,22)(H,21,23,24). The number of aliphatic imine (C=N–C) groups is 1. The van der Waals surface area contributed by atoms with Crippen LogP contribution in [0.3, 0.4) is 0 Å². The number of guanidine groups is 1. The van der Waals surface area contributed by atoms with E-state index in [2.05, 4.69) is 45.0 Å². The third-order valence-electron chi connectivity index (χ3n) is 3.54. The van der Waals surface area contributed by atoms with Gasteiger partial charge in [0.2, 0.25) is 5.91 Å². The number of pyridine rings is 1. The quantitative estimate of drug-likeness (QED) is 0.525. The zero-order valence-electron chi connectivity index (χ0n) is 14.9. The van der Waals surface area contributed by atoms with Crippen molar-refractivity contribution in [3.05, 3.63) is 45.8 Å². The summed E-state index contributed by atoms with van der Waals surface area (Å²) in [7, 11) is 1.72. The number of thiophene rings is 1. The van der Waals surface area contributed by atoms with Crippen molar-refractivity contribution in [1.82, 2.24) is 15.6 Å². The van der Waals surface area contributed by atoms with Crippen molar-refractivity contribution >= 4 is 29.0 Å². The summed E-state index contributed by atoms with van der Waals surface area (Å²) >= 11 is 1.80. The third-order valence-corrected chi connectivity index (χ3v) is 4.77. The van der Waals surface area contributed by atoms with Crippen LogP contribution in [-0.2, 0) is 17.8 Å². The zero-order valence-corrected chi connectivity index (χ0v) is 15.7. The van der Waals surface area contributed by atoms with Gasteiger partial charge < -0.3 is 16.0 Å². The Balaban J connectivity index is 1.69. The van der Waals surface area contributed by atoms with E-state index in [0.717, 1.165) is 18.5 Å². The number of aryl methyl sites for hydroxylation is 2. The maximum Gasteiger partial charge on any atom is 0.227 e. The molecular weight excluding hydrogens is 334 g/mol. The molecule has 0 aliphatic carbocycles. The van der Waals surface area contributed by atoms with E-state index >= 15 is 0 Å². The second-order valence-electron chi connectivity index (χ2n) is 5.59. The summed E-state index contributed by atoms with van der Waals surface area (Å²) in [6.07, 6.45) is 3.13. The molecule has 134 valence electrons. The summed E-state index contributed by atoms with van der Waals surface area (Å²) in [5, 5.41) is 9.19. The summed E-state index contributed by atoms with van der Waals surface area (Å²) in [6.45, 7) is 5.34. The Morgan fingerprint density at radius 1 is 1.20 bits per heavy atom. The smallest absolute Gasteiger partial charge is 0.227 e. The van der Waals surface area contributed by atoms with Crippen LogP contribution in [0.4, 0.5) is 5.82 Å². The molecule has 2 aromatic rings. The molecule has 2 rings (SSSR count). The Kier molecular flexibility index (Phi) is 7.40. The fourth-order valence-corrected chi connectivity index (χ4v) is 3.04. The van der Waals surface area contributed by atoms with Crippen molar-refractivity contribution < 1.29 is 4.79 Å². The molecule has 2 aromatic heterocycles. The minimum absolute atomic E-state index is 0.0786. The Morgan fingerprint density at radius 3 is 2.64 bits per heavy atom. The fourth-order valence-electron chi connectivity index (χ4n) is 2.14. The first-order valence-electron chi connectivity index (χ1n) is 8.35. The summed E-state index contributed by atoms with van der Waals surface area (Å²) in [5.41, 5.74) is 1.06. The first kappa shape index (κ1) is 18.9. The summed E-state index contributed by atoms with van der Waals surface area (Å²) < 4.78 is 0. The minimum atomic E-state index is -0.0786. The lowest BCUT2D eigenvalue weighted by molar-refractivity contribution is -0.116. The Morgan fingerprint density at radius 2 is 2.00 bits per heavy atom. The van der Waals surface area contributed by atoms with Gasteiger partial charge in [-0.15, -0.1) is 11.3 Å². The first-order chi connectivity index (χ1) is 12.1. The second-order valence-corrected chi connectivity index (χ2v) is 6.85. The number of nitrogens with one attached hydrogen (secondary N) is 3. The topological polar surface area (TPSA) is 78.4 Å². The number of hydrogen-bond donors (Lipinski definition) is 3. The fraction of sp³-hybridized carbons (Fsp3) is 0.389. The van der Waals surface area contributed by atoms with Crippen LogP contribution in [0.2, 0.25) is 0 Å². The van der Waals surface area contributed by atoms with Crippen LogP contribution in [0.25, 0.3) is 0 Å². The first-order valence-corrected chi connectivity index (χ1v) is 9.17. The average Bonchev–Trinajstić information content (AvgIpc) is 3.08. The molecule has 0 bridgehead atoms. The molecule has 1 amide bonds. The highest BCUT2D eigenvalue weighted by atomic mass is 32.1. The Bertz CT molecular complexity index is 709. The third kappa shape index (κ3) is 6.54. The zero-order chi connectivity index (χ0) is 18.1. The van der Waals surface area contributed by atoms with E-state index in [1.807, 2.05) is 13.0 Å². The number of nitrogens with zero attached hydrogens (tertiary/aromatic N) is 2. The van der Waals surface area contributed by atoms with Gasteiger partial charge >= 0.3 is 0 Å². The molecule has 3 N–H and O–H groups in total. The maximum absolute atomic E-state index is 11.9. The molecule has 0 aliphatic heterocycles. The Hall–Kier alpha value is -2.41. The number of aromatic nitrogens is 1. The maximum atomic E-state index is 11.9. The van der Waals surface area contributed by atoms with E-state index in [-0.39, 0.29) is 5.91 Å². The molecule has 0 aliphatic rings. The van der Waals surface area contributed by atoms with Crippen LogP contribution >= 0.6 is 11.3 Å². The van der Waals surface area contributed by atoms with Gasteiger partial charge in [0.15, 0.2) is 5.96 Å². The monoisotopic (exact) mass is 359 g/mol. The number of amides is 1. The van der Waals surface area contributed by atoms with E-state index in [4.69, 9.17) is 0 Å². The molecular formula is C18H25N5OS. The molecule has 6 nitrogen and oxygen atoms in total. The van der Waals surface area contributed by atoms with E-state index in [1.54, 1.807) is 30.6 Å². The highest BCUT2D eigenvalue weighted by Crippen LogP contribution is 2.16. The van der Waals surface area contributed by atoms with Crippen molar-refractivity contribution in [2.24, 2.45) is 4.99 Å². The summed E-state index contributed by atoms with van der Waals surface area (Å²) in [5.74, 6) is 1.18. The second kappa shape index (κ2) is 9.78. The van der Waals surface area contributed by atoms with Gasteiger partial charge in [-0.3, -0.25) is 9.79 Å². The minimum Gasteiger partial charge on any atom is -0.356 e. The van der Waals surface area contributed by atoms with Gasteiger partial charge in [0.25, 0.3) is 0 Å². The van der Waals surface area contributed by atoms with Gasteiger partial charge in [-0.05, 0) is 37.1 Å². The van der Waals surface area contributed by atoms with Gasteiger partial charge in [0, 0.05) is 36.0 Å². The van der Waals surface area contributed by atoms with Crippen molar-refractivity contribution in [3.63, 3.8) is 0 Å². The summed E-state index contributed by atoms with van der Waals surface area (Å²) in [6, 6.07) is 8.00. The van der Waals surface area contributed by atoms with Gasteiger partial charge in [0.05, 0.1) is 6.54 Å². The van der Waals surface area contributed by atoms with Gasteiger partial charge in [-0.25, -0.2) is 4.98 Å². The molecule has 0 spiro atoms. The molecule has 0 fully saturated rings. The van der Waals surface area contributed by atoms with Crippen LogP contribution in [-0.4, -0.2) is 30.4 Å². The molecule has 0 unspecified atom stereocenters. The number of anilines is 1. The average molecular weight is 359 g/mol. The molecule has 7 heteroatoms. The van der Waals surface area contributed by atoms with Crippen molar-refractivity contribution in [3.8, 4) is 0 Å². The number of hydrogen-bond acceptors (Lipinski definition) is 4.